The maximum Gasteiger partial charge on any atom is 0.223 e. The summed E-state index contributed by atoms with van der Waals surface area (Å²) < 4.78 is 11.0. The number of hydrogen-bond donors (Lipinski definition) is 0. The van der Waals surface area contributed by atoms with E-state index in [4.69, 9.17) is 9.26 Å². The topological polar surface area (TPSA) is 68.5 Å². The van der Waals surface area contributed by atoms with Crippen LogP contribution in [-0.4, -0.2) is 40.6 Å². The summed E-state index contributed by atoms with van der Waals surface area (Å²) in [5, 5.41) is 3.94. The van der Waals surface area contributed by atoms with Crippen molar-refractivity contribution in [3.05, 3.63) is 46.6 Å². The molecule has 1 atom stereocenters. The lowest BCUT2D eigenvalue weighted by atomic mass is 10.1. The van der Waals surface area contributed by atoms with Gasteiger partial charge in [0.05, 0.1) is 18.8 Å². The number of aryl methyl sites for hydroxylation is 3. The molecule has 128 valence electrons. The van der Waals surface area contributed by atoms with Crippen molar-refractivity contribution in [3.8, 4) is 0 Å². The van der Waals surface area contributed by atoms with Crippen LogP contribution in [0.4, 0.5) is 0 Å². The van der Waals surface area contributed by atoms with Gasteiger partial charge in [0, 0.05) is 30.4 Å². The third kappa shape index (κ3) is 3.64. The van der Waals surface area contributed by atoms with Gasteiger partial charge in [-0.05, 0) is 44.9 Å². The van der Waals surface area contributed by atoms with Crippen molar-refractivity contribution in [1.82, 2.24) is 15.0 Å². The van der Waals surface area contributed by atoms with Crippen LogP contribution < -0.4 is 0 Å². The molecule has 2 aromatic rings. The third-order valence-corrected chi connectivity index (χ3v) is 4.48. The van der Waals surface area contributed by atoms with Gasteiger partial charge in [0.2, 0.25) is 5.91 Å². The highest BCUT2D eigenvalue weighted by Crippen LogP contribution is 2.23. The Hall–Kier alpha value is -2.21. The second-order valence-electron chi connectivity index (χ2n) is 6.23. The van der Waals surface area contributed by atoms with Crippen LogP contribution in [0.1, 0.15) is 40.8 Å². The van der Waals surface area contributed by atoms with E-state index in [0.717, 1.165) is 28.3 Å². The zero-order valence-electron chi connectivity index (χ0n) is 14.4. The molecule has 24 heavy (non-hydrogen) atoms. The summed E-state index contributed by atoms with van der Waals surface area (Å²) >= 11 is 0. The molecule has 1 amide bonds. The van der Waals surface area contributed by atoms with Gasteiger partial charge in [-0.25, -0.2) is 0 Å². The number of morpholine rings is 1. The molecule has 6 nitrogen and oxygen atoms in total. The number of carbonyl (C=O) groups excluding carboxylic acids is 1. The molecule has 0 aromatic carbocycles. The number of amides is 1. The molecule has 3 heterocycles. The average Bonchev–Trinajstić information content (AvgIpc) is 2.91. The lowest BCUT2D eigenvalue weighted by molar-refractivity contribution is -0.139. The maximum atomic E-state index is 12.6. The van der Waals surface area contributed by atoms with Gasteiger partial charge in [0.15, 0.2) is 0 Å². The number of hydrogen-bond acceptors (Lipinski definition) is 5. The van der Waals surface area contributed by atoms with Gasteiger partial charge >= 0.3 is 0 Å². The molecule has 0 aliphatic carbocycles. The first kappa shape index (κ1) is 16.6. The number of rotatable bonds is 4. The van der Waals surface area contributed by atoms with E-state index >= 15 is 0 Å². The van der Waals surface area contributed by atoms with Crippen LogP contribution in [-0.2, 0) is 16.0 Å². The Bertz CT molecular complexity index is 707. The minimum atomic E-state index is -0.0801. The zero-order chi connectivity index (χ0) is 17.1. The molecule has 0 bridgehead atoms. The second-order valence-corrected chi connectivity index (χ2v) is 6.23. The van der Waals surface area contributed by atoms with Gasteiger partial charge in [-0.1, -0.05) is 5.16 Å². The van der Waals surface area contributed by atoms with E-state index in [1.54, 1.807) is 6.20 Å². The SMILES string of the molecule is Cc1cc(C2CN(C(=O)CCc3c(C)noc3C)CCO2)ccn1. The van der Waals surface area contributed by atoms with Crippen LogP contribution in [0.3, 0.4) is 0 Å². The predicted octanol–water partition coefficient (Wildman–Crippen LogP) is 2.53. The highest BCUT2D eigenvalue weighted by atomic mass is 16.5. The van der Waals surface area contributed by atoms with Crippen molar-refractivity contribution in [3.63, 3.8) is 0 Å². The molecular weight excluding hydrogens is 306 g/mol. The van der Waals surface area contributed by atoms with E-state index in [2.05, 4.69) is 10.1 Å². The highest BCUT2D eigenvalue weighted by molar-refractivity contribution is 5.76. The highest BCUT2D eigenvalue weighted by Gasteiger charge is 2.25. The average molecular weight is 329 g/mol. The molecule has 1 aliphatic heterocycles. The normalized spacial score (nSPS) is 18.0. The molecule has 1 unspecified atom stereocenters. The fourth-order valence-corrected chi connectivity index (χ4v) is 3.09. The molecule has 3 rings (SSSR count). The number of ether oxygens (including phenoxy) is 1. The molecule has 1 saturated heterocycles. The van der Waals surface area contributed by atoms with Gasteiger partial charge in [-0.15, -0.1) is 0 Å². The first-order valence-corrected chi connectivity index (χ1v) is 8.28. The number of nitrogens with zero attached hydrogens (tertiary/aromatic N) is 3. The van der Waals surface area contributed by atoms with Crippen molar-refractivity contribution in [2.45, 2.75) is 39.7 Å². The molecule has 0 spiro atoms. The molecule has 1 fully saturated rings. The Morgan fingerprint density at radius 2 is 2.21 bits per heavy atom. The van der Waals surface area contributed by atoms with Gasteiger partial charge in [0.1, 0.15) is 11.9 Å². The van der Waals surface area contributed by atoms with Crippen LogP contribution in [0.2, 0.25) is 0 Å². The van der Waals surface area contributed by atoms with Crippen LogP contribution in [0.15, 0.2) is 22.9 Å². The summed E-state index contributed by atoms with van der Waals surface area (Å²) in [6.07, 6.45) is 2.83. The summed E-state index contributed by atoms with van der Waals surface area (Å²) in [4.78, 5) is 18.7. The van der Waals surface area contributed by atoms with Crippen molar-refractivity contribution < 1.29 is 14.1 Å². The Morgan fingerprint density at radius 1 is 1.38 bits per heavy atom. The van der Waals surface area contributed by atoms with Crippen molar-refractivity contribution in [2.24, 2.45) is 0 Å². The summed E-state index contributed by atoms with van der Waals surface area (Å²) in [7, 11) is 0. The fraction of sp³-hybridized carbons (Fsp3) is 0.500. The summed E-state index contributed by atoms with van der Waals surface area (Å²) in [5.41, 5.74) is 3.94. The summed E-state index contributed by atoms with van der Waals surface area (Å²) in [6, 6.07) is 3.97. The smallest absolute Gasteiger partial charge is 0.223 e. The summed E-state index contributed by atoms with van der Waals surface area (Å²) in [6.45, 7) is 7.54. The number of carbonyl (C=O) groups is 1. The quantitative estimate of drug-likeness (QED) is 0.862. The predicted molar refractivity (Wildman–Crippen MR) is 88.5 cm³/mol. The van der Waals surface area contributed by atoms with Gasteiger partial charge in [0.25, 0.3) is 0 Å². The van der Waals surface area contributed by atoms with Crippen molar-refractivity contribution in [2.75, 3.05) is 19.7 Å². The van der Waals surface area contributed by atoms with E-state index < -0.39 is 0 Å². The van der Waals surface area contributed by atoms with E-state index in [1.807, 2.05) is 37.8 Å². The lowest BCUT2D eigenvalue weighted by Gasteiger charge is -2.33. The largest absolute Gasteiger partial charge is 0.370 e. The number of pyridine rings is 1. The van der Waals surface area contributed by atoms with Crippen LogP contribution in [0.5, 0.6) is 0 Å². The minimum absolute atomic E-state index is 0.0801. The first-order chi connectivity index (χ1) is 11.5. The number of aromatic nitrogens is 2. The van der Waals surface area contributed by atoms with Gasteiger partial charge in [-0.2, -0.15) is 0 Å². The Balaban J connectivity index is 1.61. The van der Waals surface area contributed by atoms with E-state index in [-0.39, 0.29) is 12.0 Å². The minimum Gasteiger partial charge on any atom is -0.370 e. The molecule has 2 aromatic heterocycles. The maximum absolute atomic E-state index is 12.6. The molecular formula is C18H23N3O3. The van der Waals surface area contributed by atoms with E-state index in [0.29, 0.717) is 32.5 Å². The standard InChI is InChI=1S/C18H23N3O3/c1-12-10-15(6-7-19-12)17-11-21(8-9-23-17)18(22)5-4-16-13(2)20-24-14(16)3/h6-7,10,17H,4-5,8-9,11H2,1-3H3. The first-order valence-electron chi connectivity index (χ1n) is 8.28. The van der Waals surface area contributed by atoms with Crippen LogP contribution in [0.25, 0.3) is 0 Å². The van der Waals surface area contributed by atoms with Gasteiger partial charge in [-0.3, -0.25) is 9.78 Å². The van der Waals surface area contributed by atoms with E-state index in [1.165, 1.54) is 0 Å². The Morgan fingerprint density at radius 3 is 2.92 bits per heavy atom. The zero-order valence-corrected chi connectivity index (χ0v) is 14.4. The van der Waals surface area contributed by atoms with Crippen molar-refractivity contribution in [1.29, 1.82) is 0 Å². The molecule has 6 heteroatoms. The fourth-order valence-electron chi connectivity index (χ4n) is 3.09. The molecule has 1 aliphatic rings. The lowest BCUT2D eigenvalue weighted by Crippen LogP contribution is -2.42. The monoisotopic (exact) mass is 329 g/mol. The van der Waals surface area contributed by atoms with Crippen LogP contribution in [0, 0.1) is 20.8 Å². The Kier molecular flexibility index (Phi) is 4.94. The molecule has 0 radical (unpaired) electrons. The van der Waals surface area contributed by atoms with Crippen LogP contribution >= 0.6 is 0 Å². The Labute approximate surface area is 141 Å². The summed E-state index contributed by atoms with van der Waals surface area (Å²) in [5.74, 6) is 0.946. The molecule has 0 saturated carbocycles. The van der Waals surface area contributed by atoms with E-state index in [9.17, 15) is 4.79 Å². The second kappa shape index (κ2) is 7.13. The van der Waals surface area contributed by atoms with Crippen molar-refractivity contribution >= 4 is 5.91 Å². The molecule has 0 N–H and O–H groups in total. The third-order valence-electron chi connectivity index (χ3n) is 4.48. The van der Waals surface area contributed by atoms with Gasteiger partial charge < -0.3 is 14.2 Å².